The Morgan fingerprint density at radius 2 is 1.68 bits per heavy atom. The van der Waals surface area contributed by atoms with Gasteiger partial charge in [-0.15, -0.1) is 11.8 Å². The van der Waals surface area contributed by atoms with Crippen LogP contribution in [0.15, 0.2) is 72.8 Å². The van der Waals surface area contributed by atoms with Gasteiger partial charge in [0, 0.05) is 23.0 Å². The molecule has 0 spiro atoms. The lowest BCUT2D eigenvalue weighted by atomic mass is 10.1. The first-order chi connectivity index (χ1) is 15.1. The van der Waals surface area contributed by atoms with Crippen molar-refractivity contribution in [3.63, 3.8) is 0 Å². The highest BCUT2D eigenvalue weighted by Crippen LogP contribution is 2.42. The van der Waals surface area contributed by atoms with Gasteiger partial charge in [0.05, 0.1) is 20.0 Å². The number of nitrogens with one attached hydrogen (secondary N) is 1. The van der Waals surface area contributed by atoms with E-state index in [4.69, 9.17) is 9.47 Å². The fourth-order valence-corrected chi connectivity index (χ4v) is 4.61. The molecule has 1 N–H and O–H groups in total. The molecule has 3 aromatic rings. The zero-order chi connectivity index (χ0) is 21.8. The summed E-state index contributed by atoms with van der Waals surface area (Å²) in [5.41, 5.74) is 2.89. The van der Waals surface area contributed by atoms with Crippen molar-refractivity contribution < 1.29 is 19.1 Å². The normalized spacial score (nSPS) is 15.6. The third-order valence-electron chi connectivity index (χ3n) is 4.96. The molecular formula is C24H22N2O4S. The molecule has 0 aromatic heterocycles. The van der Waals surface area contributed by atoms with Crippen LogP contribution >= 0.6 is 11.8 Å². The molecule has 1 saturated heterocycles. The number of benzene rings is 3. The Morgan fingerprint density at radius 1 is 0.968 bits per heavy atom. The number of rotatable bonds is 6. The summed E-state index contributed by atoms with van der Waals surface area (Å²) in [7, 11) is 3.17. The highest BCUT2D eigenvalue weighted by atomic mass is 32.2. The molecule has 6 nitrogen and oxygen atoms in total. The number of amides is 2. The standard InChI is InChI=1S/C24H22N2O4S/c1-29-20-10-4-6-16(13-20)23(28)25-18-8-3-7-17(12-18)24-26(22(27)15-31-24)19-9-5-11-21(14-19)30-2/h3-14,24H,15H2,1-2H3,(H,25,28)/t24-/m1/s1. The minimum absolute atomic E-state index is 0.0362. The number of methoxy groups -OCH3 is 2. The van der Waals surface area contributed by atoms with Crippen molar-refractivity contribution in [2.75, 3.05) is 30.2 Å². The van der Waals surface area contributed by atoms with Crippen molar-refractivity contribution in [2.24, 2.45) is 0 Å². The van der Waals surface area contributed by atoms with Gasteiger partial charge in [-0.3, -0.25) is 14.5 Å². The molecule has 0 radical (unpaired) electrons. The average molecular weight is 435 g/mol. The van der Waals surface area contributed by atoms with Crippen molar-refractivity contribution in [3.8, 4) is 11.5 Å². The third kappa shape index (κ3) is 4.51. The van der Waals surface area contributed by atoms with Crippen LogP contribution in [0.2, 0.25) is 0 Å². The number of hydrogen-bond acceptors (Lipinski definition) is 5. The summed E-state index contributed by atoms with van der Waals surface area (Å²) < 4.78 is 10.5. The SMILES string of the molecule is COc1cccc(C(=O)Nc2cccc([C@H]3SCC(=O)N3c3cccc(OC)c3)c2)c1. The Labute approximate surface area is 185 Å². The molecule has 7 heteroatoms. The Bertz CT molecular complexity index is 1120. The molecule has 2 amide bonds. The monoisotopic (exact) mass is 434 g/mol. The van der Waals surface area contributed by atoms with Crippen LogP contribution in [0.5, 0.6) is 11.5 Å². The molecule has 4 rings (SSSR count). The van der Waals surface area contributed by atoms with Crippen molar-refractivity contribution in [1.82, 2.24) is 0 Å². The quantitative estimate of drug-likeness (QED) is 0.607. The third-order valence-corrected chi connectivity index (χ3v) is 6.17. The first-order valence-electron chi connectivity index (χ1n) is 9.72. The molecule has 3 aromatic carbocycles. The first kappa shape index (κ1) is 20.8. The molecule has 31 heavy (non-hydrogen) atoms. The molecule has 0 saturated carbocycles. The van der Waals surface area contributed by atoms with Crippen LogP contribution in [0.25, 0.3) is 0 Å². The molecule has 1 aliphatic rings. The van der Waals surface area contributed by atoms with Gasteiger partial charge in [-0.1, -0.05) is 24.3 Å². The first-order valence-corrected chi connectivity index (χ1v) is 10.8. The minimum atomic E-state index is -0.226. The van der Waals surface area contributed by atoms with Crippen LogP contribution < -0.4 is 19.7 Å². The van der Waals surface area contributed by atoms with E-state index in [-0.39, 0.29) is 17.2 Å². The summed E-state index contributed by atoms with van der Waals surface area (Å²) in [5.74, 6) is 1.52. The molecule has 0 aliphatic carbocycles. The Kier molecular flexibility index (Phi) is 6.13. The minimum Gasteiger partial charge on any atom is -0.497 e. The number of hydrogen-bond donors (Lipinski definition) is 1. The Morgan fingerprint density at radius 3 is 2.45 bits per heavy atom. The van der Waals surface area contributed by atoms with Crippen molar-refractivity contribution in [2.45, 2.75) is 5.37 Å². The Balaban J connectivity index is 1.58. The van der Waals surface area contributed by atoms with Crippen LogP contribution in [0.4, 0.5) is 11.4 Å². The molecule has 158 valence electrons. The number of anilines is 2. The van der Waals surface area contributed by atoms with Gasteiger partial charge in [0.15, 0.2) is 0 Å². The van der Waals surface area contributed by atoms with Crippen LogP contribution in [-0.4, -0.2) is 31.8 Å². The molecule has 0 unspecified atom stereocenters. The lowest BCUT2D eigenvalue weighted by molar-refractivity contribution is -0.115. The number of ether oxygens (including phenoxy) is 2. The van der Waals surface area contributed by atoms with Crippen molar-refractivity contribution in [3.05, 3.63) is 83.9 Å². The van der Waals surface area contributed by atoms with Gasteiger partial charge in [0.2, 0.25) is 5.91 Å². The summed E-state index contributed by atoms with van der Waals surface area (Å²) in [6, 6.07) is 22.0. The zero-order valence-electron chi connectivity index (χ0n) is 17.2. The number of thioether (sulfide) groups is 1. The molecule has 1 fully saturated rings. The van der Waals surface area contributed by atoms with Crippen molar-refractivity contribution >= 4 is 35.0 Å². The zero-order valence-corrected chi connectivity index (χ0v) is 18.0. The lowest BCUT2D eigenvalue weighted by Crippen LogP contribution is -2.27. The summed E-state index contributed by atoms with van der Waals surface area (Å²) in [5, 5.41) is 2.74. The summed E-state index contributed by atoms with van der Waals surface area (Å²) >= 11 is 1.56. The smallest absolute Gasteiger partial charge is 0.255 e. The molecule has 1 aliphatic heterocycles. The maximum atomic E-state index is 12.7. The Hall–Kier alpha value is -3.45. The predicted molar refractivity (Wildman–Crippen MR) is 123 cm³/mol. The van der Waals surface area contributed by atoms with Crippen molar-refractivity contribution in [1.29, 1.82) is 0 Å². The second-order valence-electron chi connectivity index (χ2n) is 6.94. The number of nitrogens with zero attached hydrogens (tertiary/aromatic N) is 1. The second kappa shape index (κ2) is 9.14. The van der Waals surface area contributed by atoms with E-state index in [1.807, 2.05) is 48.5 Å². The highest BCUT2D eigenvalue weighted by Gasteiger charge is 2.34. The predicted octanol–water partition coefficient (Wildman–Crippen LogP) is 4.73. The van der Waals surface area contributed by atoms with Gasteiger partial charge in [-0.25, -0.2) is 0 Å². The van der Waals surface area contributed by atoms with E-state index in [9.17, 15) is 9.59 Å². The number of carbonyl (C=O) groups is 2. The van der Waals surface area contributed by atoms with Crippen LogP contribution in [-0.2, 0) is 4.79 Å². The largest absolute Gasteiger partial charge is 0.497 e. The number of carbonyl (C=O) groups excluding carboxylic acids is 2. The van der Waals surface area contributed by atoms with Crippen LogP contribution in [0, 0.1) is 0 Å². The topological polar surface area (TPSA) is 67.9 Å². The van der Waals surface area contributed by atoms with E-state index in [2.05, 4.69) is 5.32 Å². The van der Waals surface area contributed by atoms with E-state index < -0.39 is 0 Å². The van der Waals surface area contributed by atoms with Gasteiger partial charge in [-0.2, -0.15) is 0 Å². The maximum absolute atomic E-state index is 12.7. The summed E-state index contributed by atoms with van der Waals surface area (Å²) in [6.45, 7) is 0. The molecule has 1 heterocycles. The molecule has 1 atom stereocenters. The van der Waals surface area contributed by atoms with Crippen LogP contribution in [0.1, 0.15) is 21.3 Å². The highest BCUT2D eigenvalue weighted by molar-refractivity contribution is 8.00. The molecular weight excluding hydrogens is 412 g/mol. The van der Waals surface area contributed by atoms with E-state index >= 15 is 0 Å². The van der Waals surface area contributed by atoms with Gasteiger partial charge in [-0.05, 0) is 48.0 Å². The fraction of sp³-hybridized carbons (Fsp3) is 0.167. The summed E-state index contributed by atoms with van der Waals surface area (Å²) in [6.07, 6.45) is 0. The van der Waals surface area contributed by atoms with E-state index in [0.29, 0.717) is 28.5 Å². The maximum Gasteiger partial charge on any atom is 0.255 e. The van der Waals surface area contributed by atoms with E-state index in [1.54, 1.807) is 55.1 Å². The summed E-state index contributed by atoms with van der Waals surface area (Å²) in [4.78, 5) is 27.1. The average Bonchev–Trinajstić information content (AvgIpc) is 3.20. The second-order valence-corrected chi connectivity index (χ2v) is 8.01. The van der Waals surface area contributed by atoms with Gasteiger partial charge >= 0.3 is 0 Å². The van der Waals surface area contributed by atoms with Gasteiger partial charge in [0.25, 0.3) is 5.91 Å². The lowest BCUT2D eigenvalue weighted by Gasteiger charge is -2.25. The molecule has 0 bridgehead atoms. The van der Waals surface area contributed by atoms with Crippen LogP contribution in [0.3, 0.4) is 0 Å². The fourth-order valence-electron chi connectivity index (χ4n) is 3.45. The van der Waals surface area contributed by atoms with E-state index in [1.165, 1.54) is 0 Å². The van der Waals surface area contributed by atoms with E-state index in [0.717, 1.165) is 11.3 Å². The van der Waals surface area contributed by atoms with Gasteiger partial charge < -0.3 is 14.8 Å². The van der Waals surface area contributed by atoms with Gasteiger partial charge in [0.1, 0.15) is 16.9 Å².